The van der Waals surface area contributed by atoms with Crippen molar-refractivity contribution in [2.24, 2.45) is 0 Å². The predicted molar refractivity (Wildman–Crippen MR) is 72.3 cm³/mol. The lowest BCUT2D eigenvalue weighted by Crippen LogP contribution is -2.42. The van der Waals surface area contributed by atoms with Crippen LogP contribution in [-0.4, -0.2) is 45.6 Å². The van der Waals surface area contributed by atoms with E-state index in [-0.39, 0.29) is 24.4 Å². The number of anilines is 2. The van der Waals surface area contributed by atoms with Crippen LogP contribution in [0.2, 0.25) is 0 Å². The topological polar surface area (TPSA) is 99.8 Å². The molecule has 3 heterocycles. The summed E-state index contributed by atoms with van der Waals surface area (Å²) in [5.41, 5.74) is 6.21. The minimum Gasteiger partial charge on any atom is -0.465 e. The minimum atomic E-state index is -0.942. The van der Waals surface area contributed by atoms with Gasteiger partial charge in [0.1, 0.15) is 5.82 Å². The molecular formula is C13H16N4O3. The van der Waals surface area contributed by atoms with Crippen LogP contribution in [0.25, 0.3) is 0 Å². The fraction of sp³-hybridized carbons (Fsp3) is 0.462. The molecule has 0 aromatic carbocycles. The molecule has 2 aliphatic heterocycles. The van der Waals surface area contributed by atoms with Gasteiger partial charge in [-0.15, -0.1) is 0 Å². The number of pyridine rings is 1. The summed E-state index contributed by atoms with van der Waals surface area (Å²) in [6.45, 7) is 0.382. The van der Waals surface area contributed by atoms with E-state index in [4.69, 9.17) is 5.73 Å². The molecule has 0 spiro atoms. The molecule has 0 aliphatic carbocycles. The van der Waals surface area contributed by atoms with Crippen molar-refractivity contribution < 1.29 is 14.7 Å². The lowest BCUT2D eigenvalue weighted by molar-refractivity contribution is -0.119. The Morgan fingerprint density at radius 1 is 1.35 bits per heavy atom. The van der Waals surface area contributed by atoms with E-state index in [1.54, 1.807) is 23.2 Å². The van der Waals surface area contributed by atoms with E-state index < -0.39 is 6.09 Å². The zero-order chi connectivity index (χ0) is 14.3. The number of nitrogens with two attached hydrogens (primary N) is 1. The molecule has 2 saturated heterocycles. The second-order valence-electron chi connectivity index (χ2n) is 5.22. The first-order valence-corrected chi connectivity index (χ1v) is 6.59. The van der Waals surface area contributed by atoms with Crippen molar-refractivity contribution >= 4 is 23.5 Å². The Kier molecular flexibility index (Phi) is 2.96. The largest absolute Gasteiger partial charge is 0.465 e. The van der Waals surface area contributed by atoms with Gasteiger partial charge in [-0.1, -0.05) is 0 Å². The Morgan fingerprint density at radius 2 is 2.10 bits per heavy atom. The van der Waals surface area contributed by atoms with E-state index in [1.807, 2.05) is 0 Å². The van der Waals surface area contributed by atoms with Gasteiger partial charge < -0.3 is 20.6 Å². The van der Waals surface area contributed by atoms with Gasteiger partial charge in [-0.2, -0.15) is 0 Å². The second-order valence-corrected chi connectivity index (χ2v) is 5.22. The van der Waals surface area contributed by atoms with Crippen LogP contribution in [0.5, 0.6) is 0 Å². The quantitative estimate of drug-likeness (QED) is 0.794. The van der Waals surface area contributed by atoms with Crippen LogP contribution in [-0.2, 0) is 4.79 Å². The molecule has 2 bridgehead atoms. The number of nitrogens with zero attached hydrogens (tertiary/aromatic N) is 3. The molecule has 0 radical (unpaired) electrons. The van der Waals surface area contributed by atoms with Crippen molar-refractivity contribution in [1.29, 1.82) is 0 Å². The summed E-state index contributed by atoms with van der Waals surface area (Å²) in [7, 11) is 0. The van der Waals surface area contributed by atoms with Crippen molar-refractivity contribution in [1.82, 2.24) is 9.88 Å². The number of fused-ring (bicyclic) bond motifs is 2. The molecule has 1 aromatic heterocycles. The summed E-state index contributed by atoms with van der Waals surface area (Å²) in [6, 6.07) is 3.05. The third-order valence-corrected chi connectivity index (χ3v) is 4.03. The fourth-order valence-corrected chi connectivity index (χ4v) is 3.08. The molecular weight excluding hydrogens is 260 g/mol. The molecule has 7 heteroatoms. The van der Waals surface area contributed by atoms with Crippen LogP contribution in [0.3, 0.4) is 0 Å². The minimum absolute atomic E-state index is 0.0602. The van der Waals surface area contributed by atoms with Gasteiger partial charge in [-0.05, 0) is 25.0 Å². The molecule has 1 aromatic rings. The van der Waals surface area contributed by atoms with Crippen LogP contribution in [0.15, 0.2) is 18.3 Å². The van der Waals surface area contributed by atoms with Crippen molar-refractivity contribution in [2.45, 2.75) is 31.3 Å². The highest BCUT2D eigenvalue weighted by Crippen LogP contribution is 2.32. The molecule has 2 atom stereocenters. The molecule has 106 valence electrons. The molecule has 0 saturated carbocycles. The van der Waals surface area contributed by atoms with Crippen LogP contribution < -0.4 is 10.6 Å². The Bertz CT molecular complexity index is 545. The predicted octanol–water partition coefficient (Wildman–Crippen LogP) is 0.911. The lowest BCUT2D eigenvalue weighted by atomic mass is 10.1. The second kappa shape index (κ2) is 4.66. The molecule has 2 aliphatic rings. The van der Waals surface area contributed by atoms with Gasteiger partial charge in [0.05, 0.1) is 17.9 Å². The average Bonchev–Trinajstić information content (AvgIpc) is 2.72. The maximum Gasteiger partial charge on any atom is 0.407 e. The number of carboxylic acid groups (broad SMARTS) is 1. The summed E-state index contributed by atoms with van der Waals surface area (Å²) in [4.78, 5) is 30.7. The number of carbonyl (C=O) groups excluding carboxylic acids is 1. The number of nitrogen functional groups attached to an aromatic ring is 1. The Hall–Kier alpha value is -2.31. The van der Waals surface area contributed by atoms with Crippen molar-refractivity contribution in [3.8, 4) is 0 Å². The van der Waals surface area contributed by atoms with E-state index in [2.05, 4.69) is 4.98 Å². The van der Waals surface area contributed by atoms with E-state index in [9.17, 15) is 14.7 Å². The van der Waals surface area contributed by atoms with Crippen LogP contribution >= 0.6 is 0 Å². The highest BCUT2D eigenvalue weighted by molar-refractivity contribution is 5.94. The molecule has 3 rings (SSSR count). The van der Waals surface area contributed by atoms with Crippen LogP contribution in [0.1, 0.15) is 19.3 Å². The van der Waals surface area contributed by atoms with Crippen molar-refractivity contribution in [2.75, 3.05) is 17.2 Å². The maximum atomic E-state index is 12.3. The van der Waals surface area contributed by atoms with Crippen LogP contribution in [0.4, 0.5) is 16.3 Å². The molecule has 2 amide bonds. The molecule has 7 nitrogen and oxygen atoms in total. The first kappa shape index (κ1) is 12.7. The molecule has 20 heavy (non-hydrogen) atoms. The number of rotatable bonds is 1. The van der Waals surface area contributed by atoms with Gasteiger partial charge in [0.15, 0.2) is 0 Å². The van der Waals surface area contributed by atoms with Crippen LogP contribution in [0, 0.1) is 0 Å². The van der Waals surface area contributed by atoms with E-state index in [1.165, 1.54) is 4.90 Å². The highest BCUT2D eigenvalue weighted by Gasteiger charge is 2.43. The van der Waals surface area contributed by atoms with Gasteiger partial charge >= 0.3 is 6.09 Å². The Labute approximate surface area is 116 Å². The van der Waals surface area contributed by atoms with Crippen molar-refractivity contribution in [3.05, 3.63) is 18.3 Å². The fourth-order valence-electron chi connectivity index (χ4n) is 3.08. The summed E-state index contributed by atoms with van der Waals surface area (Å²) in [5, 5.41) is 9.29. The monoisotopic (exact) mass is 276 g/mol. The molecule has 0 unspecified atom stereocenters. The lowest BCUT2D eigenvalue weighted by Gasteiger charge is -2.26. The highest BCUT2D eigenvalue weighted by atomic mass is 16.4. The average molecular weight is 276 g/mol. The van der Waals surface area contributed by atoms with E-state index >= 15 is 0 Å². The SMILES string of the molecule is Nc1ccc(N2C[C@H]3CC[C@@H](CC2=O)N3C(=O)O)cn1. The third kappa shape index (κ3) is 2.04. The van der Waals surface area contributed by atoms with Gasteiger partial charge in [-0.25, -0.2) is 9.78 Å². The normalized spacial score (nSPS) is 25.7. The standard InChI is InChI=1S/C13H16N4O3/c14-11-4-3-9(6-15-11)16-7-10-2-1-8(5-12(16)18)17(10)13(19)20/h3-4,6,8,10H,1-2,5,7H2,(H2,14,15)(H,19,20)/t8-,10+/m0/s1. The third-order valence-electron chi connectivity index (χ3n) is 4.03. The van der Waals surface area contributed by atoms with E-state index in [0.29, 0.717) is 18.1 Å². The zero-order valence-electron chi connectivity index (χ0n) is 10.9. The first-order valence-electron chi connectivity index (χ1n) is 6.59. The summed E-state index contributed by atoms with van der Waals surface area (Å²) in [6.07, 6.45) is 2.40. The Balaban J connectivity index is 1.89. The first-order chi connectivity index (χ1) is 9.56. The summed E-state index contributed by atoms with van der Waals surface area (Å²) < 4.78 is 0. The zero-order valence-corrected chi connectivity index (χ0v) is 10.9. The number of hydrogen-bond acceptors (Lipinski definition) is 4. The maximum absolute atomic E-state index is 12.3. The number of aromatic nitrogens is 1. The number of hydrogen-bond donors (Lipinski definition) is 2. The van der Waals surface area contributed by atoms with E-state index in [0.717, 1.165) is 12.8 Å². The Morgan fingerprint density at radius 3 is 2.75 bits per heavy atom. The number of amides is 2. The molecule has 2 fully saturated rings. The van der Waals surface area contributed by atoms with Gasteiger partial charge in [0.25, 0.3) is 0 Å². The van der Waals surface area contributed by atoms with Crippen molar-refractivity contribution in [3.63, 3.8) is 0 Å². The summed E-state index contributed by atoms with van der Waals surface area (Å²) in [5.74, 6) is 0.333. The van der Waals surface area contributed by atoms with Gasteiger partial charge in [-0.3, -0.25) is 4.79 Å². The number of carbonyl (C=O) groups is 2. The smallest absolute Gasteiger partial charge is 0.407 e. The van der Waals surface area contributed by atoms with Gasteiger partial charge in [0.2, 0.25) is 5.91 Å². The summed E-state index contributed by atoms with van der Waals surface area (Å²) >= 11 is 0. The molecule has 3 N–H and O–H groups in total. The van der Waals surface area contributed by atoms with Gasteiger partial charge in [0, 0.05) is 19.0 Å².